The Bertz CT molecular complexity index is 972. The van der Waals surface area contributed by atoms with Gasteiger partial charge in [0.25, 0.3) is 0 Å². The Labute approximate surface area is 158 Å². The lowest BCUT2D eigenvalue weighted by atomic mass is 9.82. The monoisotopic (exact) mass is 391 g/mol. The van der Waals surface area contributed by atoms with Crippen molar-refractivity contribution in [2.24, 2.45) is 0 Å². The number of hydrogen-bond acceptors (Lipinski definition) is 1. The molecule has 2 heteroatoms. The van der Waals surface area contributed by atoms with Gasteiger partial charge in [0.05, 0.1) is 0 Å². The summed E-state index contributed by atoms with van der Waals surface area (Å²) in [6, 6.07) is 22.1. The Kier molecular flexibility index (Phi) is 3.77. The first-order valence-electron chi connectivity index (χ1n) is 8.63. The Morgan fingerprint density at radius 3 is 2.16 bits per heavy atom. The van der Waals surface area contributed by atoms with Crippen LogP contribution in [0.25, 0.3) is 11.1 Å². The lowest BCUT2D eigenvalue weighted by Gasteiger charge is -2.25. The fourth-order valence-electron chi connectivity index (χ4n) is 3.88. The summed E-state index contributed by atoms with van der Waals surface area (Å²) in [4.78, 5) is 2.25. The molecule has 0 bridgehead atoms. The Morgan fingerprint density at radius 2 is 1.44 bits per heavy atom. The summed E-state index contributed by atoms with van der Waals surface area (Å²) in [6.45, 7) is 6.84. The van der Waals surface area contributed by atoms with Gasteiger partial charge in [0.15, 0.2) is 0 Å². The van der Waals surface area contributed by atoms with Gasteiger partial charge in [0.1, 0.15) is 0 Å². The Morgan fingerprint density at radius 1 is 0.800 bits per heavy atom. The van der Waals surface area contributed by atoms with Gasteiger partial charge in [-0.1, -0.05) is 65.7 Å². The number of hydrogen-bond donors (Lipinski definition) is 0. The minimum atomic E-state index is 0.0325. The van der Waals surface area contributed by atoms with Gasteiger partial charge >= 0.3 is 0 Å². The first-order valence-corrected chi connectivity index (χ1v) is 9.42. The first kappa shape index (κ1) is 16.4. The number of aryl methyl sites for hydroxylation is 1. The molecule has 0 saturated heterocycles. The van der Waals surface area contributed by atoms with E-state index < -0.39 is 0 Å². The summed E-state index contributed by atoms with van der Waals surface area (Å²) in [7, 11) is 2.13. The molecule has 126 valence electrons. The summed E-state index contributed by atoms with van der Waals surface area (Å²) >= 11 is 3.57. The zero-order chi connectivity index (χ0) is 17.8. The van der Waals surface area contributed by atoms with Crippen LogP contribution in [0, 0.1) is 6.92 Å². The molecule has 3 aromatic rings. The molecule has 1 aliphatic carbocycles. The van der Waals surface area contributed by atoms with Crippen molar-refractivity contribution in [1.82, 2.24) is 0 Å². The van der Waals surface area contributed by atoms with E-state index in [0.717, 1.165) is 4.47 Å². The largest absolute Gasteiger partial charge is 0.345 e. The third-order valence-electron chi connectivity index (χ3n) is 5.40. The molecule has 1 nitrogen and oxygen atoms in total. The van der Waals surface area contributed by atoms with Gasteiger partial charge in [0, 0.05) is 28.3 Å². The minimum absolute atomic E-state index is 0.0325. The van der Waals surface area contributed by atoms with Crippen molar-refractivity contribution in [2.75, 3.05) is 11.9 Å². The maximum Gasteiger partial charge on any atom is 0.0419 e. The molecular weight excluding hydrogens is 370 g/mol. The van der Waals surface area contributed by atoms with E-state index in [1.54, 1.807) is 0 Å². The van der Waals surface area contributed by atoms with E-state index in [1.165, 1.54) is 39.2 Å². The predicted octanol–water partition coefficient (Wildman–Crippen LogP) is 6.83. The molecule has 0 fully saturated rings. The van der Waals surface area contributed by atoms with Gasteiger partial charge in [-0.2, -0.15) is 0 Å². The number of benzene rings is 3. The fourth-order valence-corrected chi connectivity index (χ4v) is 4.27. The summed E-state index contributed by atoms with van der Waals surface area (Å²) < 4.78 is 1.10. The zero-order valence-corrected chi connectivity index (χ0v) is 16.7. The van der Waals surface area contributed by atoms with E-state index in [9.17, 15) is 0 Å². The highest BCUT2D eigenvalue weighted by Crippen LogP contribution is 2.50. The van der Waals surface area contributed by atoms with Gasteiger partial charge in [-0.05, 0) is 59.5 Å². The van der Waals surface area contributed by atoms with E-state index in [2.05, 4.69) is 109 Å². The Hall–Kier alpha value is -2.06. The van der Waals surface area contributed by atoms with Crippen LogP contribution in [-0.4, -0.2) is 7.05 Å². The third kappa shape index (κ3) is 2.60. The fraction of sp³-hybridized carbons (Fsp3) is 0.217. The maximum absolute atomic E-state index is 3.57. The molecule has 0 saturated carbocycles. The van der Waals surface area contributed by atoms with Crippen LogP contribution in [0.3, 0.4) is 0 Å². The van der Waals surface area contributed by atoms with Crippen LogP contribution in [0.5, 0.6) is 0 Å². The lowest BCUT2D eigenvalue weighted by Crippen LogP contribution is -2.16. The van der Waals surface area contributed by atoms with Crippen molar-refractivity contribution in [2.45, 2.75) is 26.2 Å². The predicted molar refractivity (Wildman–Crippen MR) is 111 cm³/mol. The van der Waals surface area contributed by atoms with Crippen molar-refractivity contribution < 1.29 is 0 Å². The molecule has 3 aromatic carbocycles. The van der Waals surface area contributed by atoms with Crippen molar-refractivity contribution in [3.63, 3.8) is 0 Å². The zero-order valence-electron chi connectivity index (χ0n) is 15.1. The van der Waals surface area contributed by atoms with Crippen molar-refractivity contribution in [3.05, 3.63) is 81.8 Å². The highest BCUT2D eigenvalue weighted by Gasteiger charge is 2.35. The third-order valence-corrected chi connectivity index (χ3v) is 5.89. The van der Waals surface area contributed by atoms with Crippen LogP contribution in [0.2, 0.25) is 0 Å². The van der Waals surface area contributed by atoms with Crippen molar-refractivity contribution >= 4 is 27.3 Å². The molecule has 0 spiro atoms. The second-order valence-electron chi connectivity index (χ2n) is 7.44. The smallest absolute Gasteiger partial charge is 0.0419 e. The minimum Gasteiger partial charge on any atom is -0.345 e. The molecular formula is C23H22BrN. The van der Waals surface area contributed by atoms with Gasteiger partial charge < -0.3 is 4.90 Å². The molecule has 0 atom stereocenters. The van der Waals surface area contributed by atoms with Crippen LogP contribution in [0.15, 0.2) is 65.1 Å². The van der Waals surface area contributed by atoms with Gasteiger partial charge in [0.2, 0.25) is 0 Å². The number of nitrogens with zero attached hydrogens (tertiary/aromatic N) is 1. The molecule has 1 aliphatic rings. The molecule has 0 N–H and O–H groups in total. The van der Waals surface area contributed by atoms with Crippen molar-refractivity contribution in [1.29, 1.82) is 0 Å². The van der Waals surface area contributed by atoms with E-state index >= 15 is 0 Å². The van der Waals surface area contributed by atoms with Crippen LogP contribution in [0.4, 0.5) is 11.4 Å². The van der Waals surface area contributed by atoms with Gasteiger partial charge in [-0.15, -0.1) is 0 Å². The highest BCUT2D eigenvalue weighted by atomic mass is 79.9. The normalized spacial score (nSPS) is 14.1. The molecule has 0 aliphatic heterocycles. The quantitative estimate of drug-likeness (QED) is 0.462. The summed E-state index contributed by atoms with van der Waals surface area (Å²) in [5, 5.41) is 0. The van der Waals surface area contributed by atoms with E-state index in [0.29, 0.717) is 0 Å². The average molecular weight is 392 g/mol. The van der Waals surface area contributed by atoms with Gasteiger partial charge in [-0.3, -0.25) is 0 Å². The molecule has 0 heterocycles. The number of halogens is 1. The standard InChI is InChI=1S/C23H22BrN/c1-15-8-10-19-20-11-9-18(14-22(20)23(2,3)21(19)12-15)25(4)17-7-5-6-16(24)13-17/h5-14H,1-4H3. The highest BCUT2D eigenvalue weighted by molar-refractivity contribution is 9.10. The number of rotatable bonds is 2. The SMILES string of the molecule is Cc1ccc2c(c1)C(C)(C)c1cc(N(C)c3cccc(Br)c3)ccc1-2. The number of fused-ring (bicyclic) bond motifs is 3. The Balaban J connectivity index is 1.82. The summed E-state index contributed by atoms with van der Waals surface area (Å²) in [6.07, 6.45) is 0. The molecule has 0 aromatic heterocycles. The molecule has 0 radical (unpaired) electrons. The summed E-state index contributed by atoms with van der Waals surface area (Å²) in [5.74, 6) is 0. The lowest BCUT2D eigenvalue weighted by molar-refractivity contribution is 0.660. The molecule has 0 amide bonds. The van der Waals surface area contributed by atoms with Crippen LogP contribution in [0.1, 0.15) is 30.5 Å². The first-order chi connectivity index (χ1) is 11.9. The topological polar surface area (TPSA) is 3.24 Å². The molecule has 0 unspecified atom stereocenters. The van der Waals surface area contributed by atoms with Crippen molar-refractivity contribution in [3.8, 4) is 11.1 Å². The van der Waals surface area contributed by atoms with Gasteiger partial charge in [-0.25, -0.2) is 0 Å². The second-order valence-corrected chi connectivity index (χ2v) is 8.36. The molecule has 4 rings (SSSR count). The van der Waals surface area contributed by atoms with E-state index in [4.69, 9.17) is 0 Å². The van der Waals surface area contributed by atoms with Crippen LogP contribution < -0.4 is 4.90 Å². The average Bonchev–Trinajstić information content (AvgIpc) is 2.81. The summed E-state index contributed by atoms with van der Waals surface area (Å²) in [5.41, 5.74) is 9.34. The van der Waals surface area contributed by atoms with Crippen LogP contribution in [-0.2, 0) is 5.41 Å². The van der Waals surface area contributed by atoms with E-state index in [1.807, 2.05) is 0 Å². The maximum atomic E-state index is 3.57. The van der Waals surface area contributed by atoms with E-state index in [-0.39, 0.29) is 5.41 Å². The van der Waals surface area contributed by atoms with Crippen LogP contribution >= 0.6 is 15.9 Å². The number of anilines is 2. The molecule has 25 heavy (non-hydrogen) atoms. The second kappa shape index (κ2) is 5.74.